The molecule has 0 saturated heterocycles. The fourth-order valence-electron chi connectivity index (χ4n) is 6.51. The van der Waals surface area contributed by atoms with E-state index in [1.165, 1.54) is 11.1 Å². The molecule has 1 aliphatic carbocycles. The first-order valence-corrected chi connectivity index (χ1v) is 18.9. The zero-order valence-corrected chi connectivity index (χ0v) is 30.6. The second-order valence-electron chi connectivity index (χ2n) is 14.2. The third-order valence-corrected chi connectivity index (χ3v) is 10.5. The monoisotopic (exact) mass is 712 g/mol. The second-order valence-corrected chi connectivity index (χ2v) is 16.2. The maximum absolute atomic E-state index is 14.0. The van der Waals surface area contributed by atoms with Gasteiger partial charge in [0.15, 0.2) is 0 Å². The summed E-state index contributed by atoms with van der Waals surface area (Å²) < 4.78 is 30.9. The van der Waals surface area contributed by atoms with Crippen LogP contribution in [0.3, 0.4) is 0 Å². The molecule has 0 radical (unpaired) electrons. The van der Waals surface area contributed by atoms with Gasteiger partial charge in [-0.3, -0.25) is 14.1 Å². The average molecular weight is 713 g/mol. The number of allylic oxidation sites excluding steroid dienone is 2. The third-order valence-electron chi connectivity index (χ3n) is 9.59. The van der Waals surface area contributed by atoms with E-state index in [2.05, 4.69) is 49.6 Å². The molecule has 3 N–H and O–H groups in total. The van der Waals surface area contributed by atoms with Gasteiger partial charge in [-0.15, -0.1) is 0 Å². The highest BCUT2D eigenvalue weighted by Gasteiger charge is 2.27. The van der Waals surface area contributed by atoms with Crippen LogP contribution in [0.5, 0.6) is 0 Å². The van der Waals surface area contributed by atoms with Crippen molar-refractivity contribution in [2.75, 3.05) is 17.6 Å². The Balaban J connectivity index is 1.35. The predicted molar refractivity (Wildman–Crippen MR) is 203 cm³/mol. The topological polar surface area (TPSA) is 113 Å². The number of amides is 2. The number of anilines is 1. The van der Waals surface area contributed by atoms with Crippen LogP contribution in [0.25, 0.3) is 16.7 Å². The van der Waals surface area contributed by atoms with Crippen LogP contribution >= 0.6 is 11.6 Å². The molecule has 2 amide bonds. The molecule has 0 fully saturated rings. The number of rotatable bonds is 11. The van der Waals surface area contributed by atoms with Crippen LogP contribution in [0, 0.1) is 18.3 Å². The standard InChI is InChI=1S/C41H45ClN2O5S/c1-27-25-35(42)19-22-37(27)31-15-20-36(21-16-31)44-40(46)38(26-28-5-7-33(8-6-28)39(45)43-23-24-50(47,48)49)32-11-9-29(10-12-32)30-13-17-34(18-14-30)41(2,3)4/h5-13,15-16,19-22,25,34,38H,14,17-18,23-24,26H2,1-4H3,(H,43,45)(H,44,46)(H,47,48,49)/t34?,38-/m0/s1. The van der Waals surface area contributed by atoms with Crippen LogP contribution in [-0.2, 0) is 21.3 Å². The summed E-state index contributed by atoms with van der Waals surface area (Å²) in [5.74, 6) is -1.01. The molecule has 50 heavy (non-hydrogen) atoms. The van der Waals surface area contributed by atoms with Gasteiger partial charge in [0.25, 0.3) is 16.0 Å². The lowest BCUT2D eigenvalue weighted by molar-refractivity contribution is -0.117. The van der Waals surface area contributed by atoms with Crippen LogP contribution in [0.1, 0.15) is 78.6 Å². The lowest BCUT2D eigenvalue weighted by Crippen LogP contribution is -2.28. The molecule has 0 aliphatic heterocycles. The Morgan fingerprint density at radius 2 is 1.58 bits per heavy atom. The molecule has 9 heteroatoms. The summed E-state index contributed by atoms with van der Waals surface area (Å²) in [5, 5.41) is 6.30. The van der Waals surface area contributed by atoms with Gasteiger partial charge >= 0.3 is 0 Å². The second kappa shape index (κ2) is 15.8. The molecule has 1 unspecified atom stereocenters. The van der Waals surface area contributed by atoms with Crippen LogP contribution in [-0.4, -0.2) is 37.1 Å². The molecule has 2 atom stereocenters. The first-order valence-electron chi connectivity index (χ1n) is 17.0. The average Bonchev–Trinajstić information content (AvgIpc) is 3.07. The van der Waals surface area contributed by atoms with Crippen LogP contribution in [0.15, 0.2) is 97.1 Å². The van der Waals surface area contributed by atoms with Gasteiger partial charge in [0.1, 0.15) is 0 Å². The number of halogens is 1. The van der Waals surface area contributed by atoms with Gasteiger partial charge in [0.2, 0.25) is 5.91 Å². The molecule has 4 aromatic rings. The molecule has 0 aromatic heterocycles. The number of aryl methyl sites for hydroxylation is 1. The number of carbonyl (C=O) groups excluding carboxylic acids is 2. The number of hydrogen-bond donors (Lipinski definition) is 3. The minimum absolute atomic E-state index is 0.148. The van der Waals surface area contributed by atoms with E-state index in [9.17, 15) is 18.0 Å². The van der Waals surface area contributed by atoms with Crippen molar-refractivity contribution in [1.82, 2.24) is 5.32 Å². The quantitative estimate of drug-likeness (QED) is 0.134. The van der Waals surface area contributed by atoms with Gasteiger partial charge in [-0.25, -0.2) is 0 Å². The first kappa shape index (κ1) is 37.0. The summed E-state index contributed by atoms with van der Waals surface area (Å²) in [7, 11) is -4.17. The minimum atomic E-state index is -4.17. The van der Waals surface area contributed by atoms with Crippen molar-refractivity contribution in [2.24, 2.45) is 11.3 Å². The van der Waals surface area contributed by atoms with E-state index in [0.717, 1.165) is 47.1 Å². The summed E-state index contributed by atoms with van der Waals surface area (Å²) in [6.07, 6.45) is 6.03. The molecule has 0 spiro atoms. The minimum Gasteiger partial charge on any atom is -0.351 e. The summed E-state index contributed by atoms with van der Waals surface area (Å²) in [5.41, 5.74) is 8.75. The molecule has 262 valence electrons. The predicted octanol–water partition coefficient (Wildman–Crippen LogP) is 9.13. The van der Waals surface area contributed by atoms with Gasteiger partial charge in [0.05, 0.1) is 11.7 Å². The van der Waals surface area contributed by atoms with E-state index >= 15 is 0 Å². The van der Waals surface area contributed by atoms with Crippen molar-refractivity contribution < 1.29 is 22.6 Å². The van der Waals surface area contributed by atoms with Crippen LogP contribution in [0.2, 0.25) is 5.02 Å². The first-order chi connectivity index (χ1) is 23.7. The fourth-order valence-corrected chi connectivity index (χ4v) is 7.10. The lowest BCUT2D eigenvalue weighted by atomic mass is 9.72. The zero-order chi connectivity index (χ0) is 36.1. The van der Waals surface area contributed by atoms with E-state index in [1.807, 2.05) is 61.5 Å². The van der Waals surface area contributed by atoms with Gasteiger partial charge < -0.3 is 10.6 Å². The number of carbonyl (C=O) groups is 2. The molecule has 5 rings (SSSR count). The summed E-state index contributed by atoms with van der Waals surface area (Å²) >= 11 is 6.15. The van der Waals surface area contributed by atoms with E-state index < -0.39 is 27.7 Å². The Labute approximate surface area is 300 Å². The maximum Gasteiger partial charge on any atom is 0.266 e. The van der Waals surface area contributed by atoms with Crippen LogP contribution in [0.4, 0.5) is 5.69 Å². The van der Waals surface area contributed by atoms with Gasteiger partial charge in [-0.1, -0.05) is 93.0 Å². The molecule has 1 aliphatic rings. The van der Waals surface area contributed by atoms with E-state index in [4.69, 9.17) is 16.2 Å². The Hall–Kier alpha value is -4.24. The van der Waals surface area contributed by atoms with Crippen molar-refractivity contribution in [2.45, 2.75) is 59.3 Å². The third kappa shape index (κ3) is 9.93. The van der Waals surface area contributed by atoms with Gasteiger partial charge in [0, 0.05) is 22.8 Å². The number of hydrogen-bond acceptors (Lipinski definition) is 4. The SMILES string of the molecule is Cc1cc(Cl)ccc1-c1ccc(NC(=O)[C@@H](Cc2ccc(C(=O)NCCS(=O)(=O)O)cc2)c2ccc(C3=CCC(C(C)(C)C)CC3)cc2)cc1. The van der Waals surface area contributed by atoms with E-state index in [1.54, 1.807) is 24.3 Å². The van der Waals surface area contributed by atoms with Gasteiger partial charge in [-0.2, -0.15) is 8.42 Å². The molecule has 7 nitrogen and oxygen atoms in total. The van der Waals surface area contributed by atoms with Crippen molar-refractivity contribution in [1.29, 1.82) is 0 Å². The Bertz CT molecular complexity index is 1960. The van der Waals surface area contributed by atoms with E-state index in [0.29, 0.717) is 28.6 Å². The summed E-state index contributed by atoms with van der Waals surface area (Å²) in [6.45, 7) is 8.74. The highest BCUT2D eigenvalue weighted by Crippen LogP contribution is 2.40. The molecule has 0 saturated carbocycles. The fraction of sp³-hybridized carbons (Fsp3) is 0.317. The van der Waals surface area contributed by atoms with Crippen LogP contribution < -0.4 is 10.6 Å². The largest absolute Gasteiger partial charge is 0.351 e. The number of nitrogens with one attached hydrogen (secondary N) is 2. The van der Waals surface area contributed by atoms with Gasteiger partial charge in [-0.05, 0) is 119 Å². The summed E-state index contributed by atoms with van der Waals surface area (Å²) in [6, 6.07) is 28.8. The van der Waals surface area contributed by atoms with Crippen molar-refractivity contribution >= 4 is 44.8 Å². The Morgan fingerprint density at radius 3 is 2.16 bits per heavy atom. The number of benzene rings is 4. The lowest BCUT2D eigenvalue weighted by Gasteiger charge is -2.33. The normalized spacial score (nSPS) is 15.6. The Kier molecular flexibility index (Phi) is 11.7. The highest BCUT2D eigenvalue weighted by molar-refractivity contribution is 7.85. The highest BCUT2D eigenvalue weighted by atomic mass is 35.5. The molecule has 4 aromatic carbocycles. The van der Waals surface area contributed by atoms with Crippen molar-refractivity contribution in [3.63, 3.8) is 0 Å². The molecular formula is C41H45ClN2O5S. The molecule has 0 bridgehead atoms. The van der Waals surface area contributed by atoms with Crippen molar-refractivity contribution in [3.05, 3.63) is 130 Å². The smallest absolute Gasteiger partial charge is 0.266 e. The molecular weight excluding hydrogens is 668 g/mol. The van der Waals surface area contributed by atoms with E-state index in [-0.39, 0.29) is 17.9 Å². The Morgan fingerprint density at radius 1 is 0.920 bits per heavy atom. The summed E-state index contributed by atoms with van der Waals surface area (Å²) in [4.78, 5) is 26.5. The van der Waals surface area contributed by atoms with Crippen molar-refractivity contribution in [3.8, 4) is 11.1 Å². The maximum atomic E-state index is 14.0. The molecule has 0 heterocycles. The zero-order valence-electron chi connectivity index (χ0n) is 29.0.